The Kier molecular flexibility index (Phi) is 15.0. The Morgan fingerprint density at radius 1 is 0.952 bits per heavy atom. The van der Waals surface area contributed by atoms with Crippen molar-refractivity contribution in [1.82, 2.24) is 4.90 Å². The highest BCUT2D eigenvalue weighted by atomic mass is 16.7. The molecule has 6 atom stereocenters. The lowest BCUT2D eigenvalue weighted by Crippen LogP contribution is -2.70. The molecule has 2 heterocycles. The Morgan fingerprint density at radius 3 is 2.41 bits per heavy atom. The average Bonchev–Trinajstić information content (AvgIpc) is 3.77. The van der Waals surface area contributed by atoms with Gasteiger partial charge in [-0.25, -0.2) is 4.79 Å². The fraction of sp³-hybridized carbons (Fsp3) is 0.458. The first-order chi connectivity index (χ1) is 30.7. The number of nitrogens with zero attached hydrogens (tertiary/aromatic N) is 3. The van der Waals surface area contributed by atoms with Crippen molar-refractivity contribution in [3.8, 4) is 23.0 Å². The van der Waals surface area contributed by atoms with Gasteiger partial charge in [0.05, 0.1) is 29.8 Å². The number of ether oxygens (including phenoxy) is 6. The second kappa shape index (κ2) is 21.0. The van der Waals surface area contributed by atoms with Crippen LogP contribution in [-0.2, 0) is 27.5 Å². The lowest BCUT2D eigenvalue weighted by molar-refractivity contribution is -0.384. The largest absolute Gasteiger partial charge is 0.490 e. The van der Waals surface area contributed by atoms with Gasteiger partial charge in [-0.05, 0) is 104 Å². The van der Waals surface area contributed by atoms with Gasteiger partial charge in [-0.3, -0.25) is 15.0 Å². The number of amides is 1. The van der Waals surface area contributed by atoms with Crippen LogP contribution in [0.25, 0.3) is 0 Å². The summed E-state index contributed by atoms with van der Waals surface area (Å²) in [5, 5.41) is 36.1. The first kappa shape index (κ1) is 45.1. The van der Waals surface area contributed by atoms with Gasteiger partial charge in [0.25, 0.3) is 5.69 Å². The summed E-state index contributed by atoms with van der Waals surface area (Å²) in [6.45, 7) is 10.4. The number of hydrogen-bond acceptors (Lipinski definition) is 13. The number of nitro benzene ring substituents is 1. The van der Waals surface area contributed by atoms with Crippen LogP contribution in [0.2, 0.25) is 0 Å². The van der Waals surface area contributed by atoms with Crippen LogP contribution in [0.5, 0.6) is 23.0 Å². The summed E-state index contributed by atoms with van der Waals surface area (Å²) in [5.41, 5.74) is 3.75. The third-order valence-corrected chi connectivity index (χ3v) is 12.2. The third-order valence-electron chi connectivity index (χ3n) is 12.2. The highest BCUT2D eigenvalue weighted by Crippen LogP contribution is 2.62. The second-order valence-corrected chi connectivity index (χ2v) is 16.1. The lowest BCUT2D eigenvalue weighted by Gasteiger charge is -2.59. The van der Waals surface area contributed by atoms with E-state index >= 15 is 0 Å². The standard InChI is InChI=1S/C48H57N3O12/c1-4-23-58-36-18-20-41-39(27-36)45-37(12-8-10-22-53)34(11-7-9-21-52)26-38-40(49-62-30-32-13-16-35(17-14-32)51(55)56)28-44(48(63-41,46(38)45)61-24-5-2)50(47(54)57-6-3)29-33-15-19-42-43(25-33)60-31-59-42/h4-5,13-20,25-27,34,37,44-46,52-53H,1-2,6-12,21-24,28-31H2,3H3/t34-,37+,44-,45+,46+,48+/m0/s1. The number of allylic oxidation sites excluding steroid dienone is 1. The number of aliphatic hydroxyl groups excluding tert-OH is 2. The van der Waals surface area contributed by atoms with Gasteiger partial charge in [-0.2, -0.15) is 0 Å². The molecule has 2 aliphatic heterocycles. The molecule has 3 aromatic carbocycles. The number of carbonyl (C=O) groups excluding carboxylic acids is 1. The molecule has 63 heavy (non-hydrogen) atoms. The third kappa shape index (κ3) is 9.85. The van der Waals surface area contributed by atoms with Gasteiger partial charge >= 0.3 is 6.09 Å². The zero-order valence-corrected chi connectivity index (χ0v) is 35.7. The van der Waals surface area contributed by atoms with E-state index in [4.69, 9.17) is 38.4 Å². The van der Waals surface area contributed by atoms with E-state index in [1.54, 1.807) is 36.1 Å². The summed E-state index contributed by atoms with van der Waals surface area (Å²) in [7, 11) is 0. The van der Waals surface area contributed by atoms with Crippen molar-refractivity contribution in [3.05, 3.63) is 124 Å². The molecule has 2 N–H and O–H groups in total. The number of hydrogen-bond donors (Lipinski definition) is 2. The van der Waals surface area contributed by atoms with E-state index in [0.29, 0.717) is 53.7 Å². The fourth-order valence-electron chi connectivity index (χ4n) is 9.54. The van der Waals surface area contributed by atoms with Gasteiger partial charge in [0.15, 0.2) is 11.5 Å². The number of carbonyl (C=O) groups is 1. The molecule has 0 spiro atoms. The monoisotopic (exact) mass is 867 g/mol. The van der Waals surface area contributed by atoms with Crippen LogP contribution in [0.1, 0.15) is 74.5 Å². The van der Waals surface area contributed by atoms with E-state index in [1.807, 2.05) is 36.4 Å². The number of benzene rings is 3. The van der Waals surface area contributed by atoms with Gasteiger partial charge < -0.3 is 43.5 Å². The number of nitro groups is 1. The number of rotatable bonds is 22. The summed E-state index contributed by atoms with van der Waals surface area (Å²) >= 11 is 0. The van der Waals surface area contributed by atoms with Crippen molar-refractivity contribution < 1.29 is 53.2 Å². The Bertz CT molecular complexity index is 2160. The first-order valence-corrected chi connectivity index (χ1v) is 21.7. The van der Waals surface area contributed by atoms with E-state index < -0.39 is 28.8 Å². The van der Waals surface area contributed by atoms with E-state index in [-0.39, 0.29) is 76.2 Å². The molecule has 336 valence electrons. The number of unbranched alkanes of at least 4 members (excludes halogenated alkanes) is 2. The Morgan fingerprint density at radius 2 is 1.68 bits per heavy atom. The van der Waals surface area contributed by atoms with Crippen LogP contribution < -0.4 is 18.9 Å². The molecule has 4 aliphatic rings. The molecular weight excluding hydrogens is 811 g/mol. The molecule has 15 heteroatoms. The molecule has 1 fully saturated rings. The van der Waals surface area contributed by atoms with E-state index in [1.165, 1.54) is 12.1 Å². The van der Waals surface area contributed by atoms with Crippen LogP contribution in [0.4, 0.5) is 10.5 Å². The minimum absolute atomic E-state index is 0.000987. The smallest absolute Gasteiger partial charge is 0.410 e. The number of oxime groups is 1. The van der Waals surface area contributed by atoms with Crippen molar-refractivity contribution in [2.24, 2.45) is 22.9 Å². The molecule has 1 saturated carbocycles. The molecule has 7 rings (SSSR count). The second-order valence-electron chi connectivity index (χ2n) is 16.1. The Hall–Kier alpha value is -5.90. The lowest BCUT2D eigenvalue weighted by atomic mass is 9.55. The van der Waals surface area contributed by atoms with Crippen molar-refractivity contribution in [1.29, 1.82) is 0 Å². The zero-order valence-electron chi connectivity index (χ0n) is 35.7. The fourth-order valence-corrected chi connectivity index (χ4v) is 9.54. The summed E-state index contributed by atoms with van der Waals surface area (Å²) in [6, 6.07) is 16.6. The summed E-state index contributed by atoms with van der Waals surface area (Å²) < 4.78 is 37.6. The van der Waals surface area contributed by atoms with Crippen LogP contribution in [0.15, 0.2) is 103 Å². The maximum Gasteiger partial charge on any atom is 0.410 e. The van der Waals surface area contributed by atoms with Crippen LogP contribution in [0, 0.1) is 27.9 Å². The molecular formula is C48H57N3O12. The van der Waals surface area contributed by atoms with E-state index in [2.05, 4.69) is 19.2 Å². The molecule has 3 aromatic rings. The maximum atomic E-state index is 14.5. The molecule has 0 saturated heterocycles. The summed E-state index contributed by atoms with van der Waals surface area (Å²) in [6.07, 6.45) is 9.49. The van der Waals surface area contributed by atoms with E-state index in [0.717, 1.165) is 42.4 Å². The quantitative estimate of drug-likeness (QED) is 0.0427. The minimum atomic E-state index is -1.52. The molecule has 0 radical (unpaired) electrons. The van der Waals surface area contributed by atoms with Crippen LogP contribution >= 0.6 is 0 Å². The molecule has 2 aliphatic carbocycles. The molecule has 15 nitrogen and oxygen atoms in total. The summed E-state index contributed by atoms with van der Waals surface area (Å²) in [5.74, 6) is 0.0387. The van der Waals surface area contributed by atoms with Gasteiger partial charge in [0, 0.05) is 49.8 Å². The first-order valence-electron chi connectivity index (χ1n) is 21.7. The van der Waals surface area contributed by atoms with E-state index in [9.17, 15) is 25.1 Å². The van der Waals surface area contributed by atoms with Crippen LogP contribution in [0.3, 0.4) is 0 Å². The van der Waals surface area contributed by atoms with Crippen molar-refractivity contribution in [2.45, 2.75) is 82.8 Å². The Balaban J connectivity index is 1.43. The van der Waals surface area contributed by atoms with Crippen molar-refractivity contribution in [2.75, 3.05) is 39.8 Å². The maximum absolute atomic E-state index is 14.5. The predicted octanol–water partition coefficient (Wildman–Crippen LogP) is 8.38. The number of non-ortho nitro benzene ring substituents is 1. The minimum Gasteiger partial charge on any atom is -0.490 e. The Labute approximate surface area is 367 Å². The van der Waals surface area contributed by atoms with Gasteiger partial charge in [0.2, 0.25) is 12.6 Å². The molecule has 0 bridgehead atoms. The zero-order chi connectivity index (χ0) is 44.3. The highest BCUT2D eigenvalue weighted by molar-refractivity contribution is 6.03. The summed E-state index contributed by atoms with van der Waals surface area (Å²) in [4.78, 5) is 33.2. The molecule has 0 unspecified atom stereocenters. The average molecular weight is 868 g/mol. The van der Waals surface area contributed by atoms with Crippen molar-refractivity contribution in [3.63, 3.8) is 0 Å². The van der Waals surface area contributed by atoms with Gasteiger partial charge in [-0.1, -0.05) is 48.9 Å². The number of fused-ring (bicyclic) bond motifs is 3. The molecule has 1 amide bonds. The normalized spacial score (nSPS) is 23.4. The predicted molar refractivity (Wildman–Crippen MR) is 234 cm³/mol. The van der Waals surface area contributed by atoms with Crippen molar-refractivity contribution >= 4 is 17.5 Å². The molecule has 0 aromatic heterocycles. The highest BCUT2D eigenvalue weighted by Gasteiger charge is 2.65. The van der Waals surface area contributed by atoms with Gasteiger partial charge in [0.1, 0.15) is 30.8 Å². The SMILES string of the molecule is C=CCOc1ccc2c(c1)[C@H]1[C@H](CCCCO)[C@@H](CCCCO)C=C3C(=NOCc4ccc([N+](=O)[O-])cc4)C[C@H](N(Cc4ccc5c(c4)OCO5)C(=O)OCC)[C@@](OCC=C)(O2)[C@H]31. The topological polar surface area (TPSA) is 181 Å². The number of aliphatic hydroxyl groups is 2. The van der Waals surface area contributed by atoms with Crippen LogP contribution in [-0.4, -0.2) is 83.5 Å². The van der Waals surface area contributed by atoms with Gasteiger partial charge in [-0.15, -0.1) is 6.58 Å².